The van der Waals surface area contributed by atoms with Crippen molar-refractivity contribution in [1.82, 2.24) is 0 Å². The summed E-state index contributed by atoms with van der Waals surface area (Å²) in [5.41, 5.74) is -1.51. The number of hydrogen-bond donors (Lipinski definition) is 1. The zero-order valence-corrected chi connectivity index (χ0v) is 17.1. The third-order valence-corrected chi connectivity index (χ3v) is 3.43. The Labute approximate surface area is 186 Å². The number of amides is 1. The minimum Gasteiger partial charge on any atom is -0.444 e. The number of halogens is 5. The van der Waals surface area contributed by atoms with E-state index in [0.717, 1.165) is 18.2 Å². The van der Waals surface area contributed by atoms with Crippen LogP contribution in [0.1, 0.15) is 56.3 Å². The molecule has 0 atom stereocenters. The maximum atomic E-state index is 13.1. The second-order valence-corrected chi connectivity index (χ2v) is 7.43. The molecule has 0 saturated carbocycles. The summed E-state index contributed by atoms with van der Waals surface area (Å²) < 4.78 is 56.4. The Morgan fingerprint density at radius 1 is 0.903 bits per heavy atom. The van der Waals surface area contributed by atoms with Crippen LogP contribution in [0.15, 0.2) is 28.7 Å². The molecule has 10 heteroatoms. The molecule has 0 spiro atoms. The Morgan fingerprint density at radius 3 is 1.81 bits per heavy atom. The first-order chi connectivity index (χ1) is 13.4. The highest BCUT2D eigenvalue weighted by Gasteiger charge is 2.17. The standard InChI is InChI=1S/C12H13F2NO3.C7H3BrF2O.2CH4/c1-12(2,3)18-11(17)15-8-4-7(6-16)10(14)9(13)5-8;8-5-1-4(3-11)7(10)6(9)2-5;;/h4-6H,1-3H3,(H,15,17);1-3H;2*1H4. The highest BCUT2D eigenvalue weighted by molar-refractivity contribution is 9.10. The van der Waals surface area contributed by atoms with Gasteiger partial charge in [-0.3, -0.25) is 14.9 Å². The quantitative estimate of drug-likeness (QED) is 0.276. The van der Waals surface area contributed by atoms with Gasteiger partial charge < -0.3 is 4.74 Å². The Kier molecular flexibility index (Phi) is 12.6. The molecule has 0 bridgehead atoms. The molecule has 172 valence electrons. The molecule has 0 radical (unpaired) electrons. The molecule has 0 aromatic heterocycles. The van der Waals surface area contributed by atoms with E-state index < -0.39 is 40.5 Å². The molecule has 0 aliphatic carbocycles. The van der Waals surface area contributed by atoms with Gasteiger partial charge in [0.1, 0.15) is 5.60 Å². The fourth-order valence-corrected chi connectivity index (χ4v) is 2.30. The van der Waals surface area contributed by atoms with E-state index in [1.165, 1.54) is 6.07 Å². The fraction of sp³-hybridized carbons (Fsp3) is 0.286. The SMILES string of the molecule is C.C.CC(C)(C)OC(=O)Nc1cc(F)c(F)c(C=O)c1.O=Cc1cc(Br)cc(F)c1F. The molecule has 1 N–H and O–H groups in total. The zero-order chi connectivity index (χ0) is 22.4. The first-order valence-electron chi connectivity index (χ1n) is 7.92. The Bertz CT molecular complexity index is 931. The molecule has 0 fully saturated rings. The van der Waals surface area contributed by atoms with Gasteiger partial charge in [0.05, 0.1) is 11.1 Å². The van der Waals surface area contributed by atoms with E-state index in [1.807, 2.05) is 0 Å². The lowest BCUT2D eigenvalue weighted by atomic mass is 10.2. The minimum absolute atomic E-state index is 0. The summed E-state index contributed by atoms with van der Waals surface area (Å²) in [5, 5.41) is 2.21. The summed E-state index contributed by atoms with van der Waals surface area (Å²) in [5.74, 6) is -4.60. The molecule has 5 nitrogen and oxygen atoms in total. The van der Waals surface area contributed by atoms with Gasteiger partial charge >= 0.3 is 6.09 Å². The van der Waals surface area contributed by atoms with Gasteiger partial charge in [-0.15, -0.1) is 0 Å². The van der Waals surface area contributed by atoms with Crippen molar-refractivity contribution in [1.29, 1.82) is 0 Å². The molecule has 2 aromatic rings. The largest absolute Gasteiger partial charge is 0.444 e. The van der Waals surface area contributed by atoms with E-state index in [1.54, 1.807) is 20.8 Å². The van der Waals surface area contributed by atoms with E-state index in [4.69, 9.17) is 4.74 Å². The third kappa shape index (κ3) is 9.73. The molecular formula is C21H24BrF4NO4. The average Bonchev–Trinajstić information content (AvgIpc) is 2.59. The Morgan fingerprint density at radius 2 is 1.35 bits per heavy atom. The van der Waals surface area contributed by atoms with Crippen molar-refractivity contribution in [3.05, 3.63) is 63.1 Å². The molecule has 1 amide bonds. The number of ether oxygens (including phenoxy) is 1. The summed E-state index contributed by atoms with van der Waals surface area (Å²) in [6, 6.07) is 3.97. The van der Waals surface area contributed by atoms with Gasteiger partial charge in [0, 0.05) is 16.2 Å². The maximum Gasteiger partial charge on any atom is 0.412 e. The molecule has 0 unspecified atom stereocenters. The lowest BCUT2D eigenvalue weighted by Gasteiger charge is -2.19. The predicted molar refractivity (Wildman–Crippen MR) is 115 cm³/mol. The van der Waals surface area contributed by atoms with E-state index in [2.05, 4.69) is 21.2 Å². The van der Waals surface area contributed by atoms with Crippen LogP contribution in [-0.2, 0) is 4.74 Å². The second-order valence-electron chi connectivity index (χ2n) is 6.51. The molecule has 2 rings (SSSR count). The molecule has 0 aliphatic rings. The maximum absolute atomic E-state index is 13.1. The summed E-state index contributed by atoms with van der Waals surface area (Å²) in [4.78, 5) is 32.0. The monoisotopic (exact) mass is 509 g/mol. The van der Waals surface area contributed by atoms with Crippen LogP contribution in [0.3, 0.4) is 0 Å². The molecule has 0 heterocycles. The molecular weight excluding hydrogens is 486 g/mol. The van der Waals surface area contributed by atoms with Crippen LogP contribution < -0.4 is 5.32 Å². The average molecular weight is 510 g/mol. The lowest BCUT2D eigenvalue weighted by Crippen LogP contribution is -2.27. The highest BCUT2D eigenvalue weighted by atomic mass is 79.9. The van der Waals surface area contributed by atoms with Crippen molar-refractivity contribution in [2.24, 2.45) is 0 Å². The molecule has 0 aliphatic heterocycles. The van der Waals surface area contributed by atoms with E-state index >= 15 is 0 Å². The number of carbonyl (C=O) groups excluding carboxylic acids is 3. The smallest absolute Gasteiger partial charge is 0.412 e. The summed E-state index contributed by atoms with van der Waals surface area (Å²) in [6.07, 6.45) is -0.382. The van der Waals surface area contributed by atoms with Crippen molar-refractivity contribution >= 4 is 40.3 Å². The van der Waals surface area contributed by atoms with Gasteiger partial charge in [0.25, 0.3) is 0 Å². The second kappa shape index (κ2) is 12.8. The zero-order valence-electron chi connectivity index (χ0n) is 15.5. The van der Waals surface area contributed by atoms with E-state index in [0.29, 0.717) is 4.47 Å². The van der Waals surface area contributed by atoms with Gasteiger partial charge in [-0.25, -0.2) is 22.4 Å². The number of rotatable bonds is 3. The predicted octanol–water partition coefficient (Wildman–Crippen LogP) is 6.94. The molecule has 31 heavy (non-hydrogen) atoms. The van der Waals surface area contributed by atoms with Gasteiger partial charge in [-0.05, 0) is 39.0 Å². The summed E-state index contributed by atoms with van der Waals surface area (Å²) in [7, 11) is 0. The Hall–Kier alpha value is -2.75. The van der Waals surface area contributed by atoms with Gasteiger partial charge in [-0.2, -0.15) is 0 Å². The number of benzene rings is 2. The van der Waals surface area contributed by atoms with Crippen LogP contribution in [0, 0.1) is 23.3 Å². The van der Waals surface area contributed by atoms with Crippen LogP contribution in [0.2, 0.25) is 0 Å². The first-order valence-corrected chi connectivity index (χ1v) is 8.71. The first kappa shape index (κ1) is 30.4. The number of nitrogens with one attached hydrogen (secondary N) is 1. The van der Waals surface area contributed by atoms with Crippen molar-refractivity contribution in [2.45, 2.75) is 41.2 Å². The normalized spacial score (nSPS) is 9.81. The highest BCUT2D eigenvalue weighted by Crippen LogP contribution is 2.19. The van der Waals surface area contributed by atoms with Crippen LogP contribution in [0.4, 0.5) is 28.0 Å². The number of aldehydes is 2. The van der Waals surface area contributed by atoms with Crippen LogP contribution in [0.25, 0.3) is 0 Å². The van der Waals surface area contributed by atoms with Crippen molar-refractivity contribution in [3.8, 4) is 0 Å². The topological polar surface area (TPSA) is 72.5 Å². The van der Waals surface area contributed by atoms with Gasteiger partial charge in [-0.1, -0.05) is 30.8 Å². The van der Waals surface area contributed by atoms with Crippen molar-refractivity contribution in [3.63, 3.8) is 0 Å². The summed E-state index contributed by atoms with van der Waals surface area (Å²) >= 11 is 2.92. The van der Waals surface area contributed by atoms with Gasteiger partial charge in [0.2, 0.25) is 0 Å². The molecule has 2 aromatic carbocycles. The van der Waals surface area contributed by atoms with E-state index in [9.17, 15) is 31.9 Å². The van der Waals surface area contributed by atoms with Crippen LogP contribution >= 0.6 is 15.9 Å². The minimum atomic E-state index is -1.25. The van der Waals surface area contributed by atoms with Crippen molar-refractivity contribution in [2.75, 3.05) is 5.32 Å². The number of hydrogen-bond acceptors (Lipinski definition) is 4. The number of anilines is 1. The van der Waals surface area contributed by atoms with Crippen LogP contribution in [0.5, 0.6) is 0 Å². The third-order valence-electron chi connectivity index (χ3n) is 2.98. The lowest BCUT2D eigenvalue weighted by molar-refractivity contribution is 0.0635. The van der Waals surface area contributed by atoms with Crippen molar-refractivity contribution < 1.29 is 36.7 Å². The summed E-state index contributed by atoms with van der Waals surface area (Å²) in [6.45, 7) is 4.98. The number of carbonyl (C=O) groups is 3. The Balaban J connectivity index is 0. The van der Waals surface area contributed by atoms with Gasteiger partial charge in [0.15, 0.2) is 35.8 Å². The van der Waals surface area contributed by atoms with E-state index in [-0.39, 0.29) is 38.7 Å². The molecule has 0 saturated heterocycles. The van der Waals surface area contributed by atoms with Crippen LogP contribution in [-0.4, -0.2) is 24.3 Å². The fourth-order valence-electron chi connectivity index (χ4n) is 1.85.